The highest BCUT2D eigenvalue weighted by Gasteiger charge is 2.39. The summed E-state index contributed by atoms with van der Waals surface area (Å²) in [6.07, 6.45) is 5.73. The van der Waals surface area contributed by atoms with Gasteiger partial charge >= 0.3 is 0 Å². The van der Waals surface area contributed by atoms with E-state index < -0.39 is 5.60 Å². The van der Waals surface area contributed by atoms with Crippen LogP contribution in [0, 0.1) is 5.92 Å². The molecule has 0 amide bonds. The minimum Gasteiger partial charge on any atom is -0.387 e. The fourth-order valence-corrected chi connectivity index (χ4v) is 2.99. The van der Waals surface area contributed by atoms with Gasteiger partial charge in [-0.3, -0.25) is 0 Å². The predicted molar refractivity (Wildman–Crippen MR) is 61.9 cm³/mol. The second kappa shape index (κ2) is 4.81. The van der Waals surface area contributed by atoms with E-state index >= 15 is 0 Å². The Labute approximate surface area is 92.6 Å². The lowest BCUT2D eigenvalue weighted by molar-refractivity contribution is -0.0328. The fourth-order valence-electron chi connectivity index (χ4n) is 2.99. The average Bonchev–Trinajstić information content (AvgIpc) is 2.30. The largest absolute Gasteiger partial charge is 0.387 e. The maximum atomic E-state index is 10.6. The van der Waals surface area contributed by atoms with Gasteiger partial charge in [0.05, 0.1) is 5.60 Å². The molecule has 2 heterocycles. The van der Waals surface area contributed by atoms with Gasteiger partial charge in [0.15, 0.2) is 0 Å². The predicted octanol–water partition coefficient (Wildman–Crippen LogP) is 0.879. The molecule has 15 heavy (non-hydrogen) atoms. The molecular formula is C12H24N2O. The van der Waals surface area contributed by atoms with E-state index in [1.54, 1.807) is 0 Å². The Hall–Kier alpha value is -0.120. The lowest BCUT2D eigenvalue weighted by atomic mass is 9.78. The highest BCUT2D eigenvalue weighted by atomic mass is 16.3. The SMILES string of the molecule is CCC1CCNC(C2(O)CCCNC2)C1. The molecule has 2 fully saturated rings. The molecule has 0 aliphatic carbocycles. The van der Waals surface area contributed by atoms with Crippen molar-refractivity contribution in [1.29, 1.82) is 0 Å². The van der Waals surface area contributed by atoms with E-state index in [0.29, 0.717) is 6.04 Å². The summed E-state index contributed by atoms with van der Waals surface area (Å²) in [6.45, 7) is 5.16. The van der Waals surface area contributed by atoms with Crippen molar-refractivity contribution in [3.63, 3.8) is 0 Å². The Morgan fingerprint density at radius 1 is 1.40 bits per heavy atom. The molecule has 2 aliphatic heterocycles. The summed E-state index contributed by atoms with van der Waals surface area (Å²) in [5, 5.41) is 17.4. The number of rotatable bonds is 2. The van der Waals surface area contributed by atoms with Crippen LogP contribution < -0.4 is 10.6 Å². The molecule has 0 spiro atoms. The topological polar surface area (TPSA) is 44.3 Å². The van der Waals surface area contributed by atoms with Gasteiger partial charge in [0.25, 0.3) is 0 Å². The van der Waals surface area contributed by atoms with Crippen molar-refractivity contribution in [1.82, 2.24) is 10.6 Å². The molecule has 0 bridgehead atoms. The lowest BCUT2D eigenvalue weighted by Crippen LogP contribution is -2.60. The fraction of sp³-hybridized carbons (Fsp3) is 1.00. The molecule has 0 aromatic carbocycles. The summed E-state index contributed by atoms with van der Waals surface area (Å²) in [7, 11) is 0. The van der Waals surface area contributed by atoms with Gasteiger partial charge in [-0.25, -0.2) is 0 Å². The molecule has 0 aromatic heterocycles. The van der Waals surface area contributed by atoms with E-state index in [4.69, 9.17) is 0 Å². The van der Waals surface area contributed by atoms with Crippen LogP contribution in [0.1, 0.15) is 39.0 Å². The number of hydrogen-bond donors (Lipinski definition) is 3. The first-order chi connectivity index (χ1) is 7.24. The van der Waals surface area contributed by atoms with Crippen molar-refractivity contribution in [3.8, 4) is 0 Å². The van der Waals surface area contributed by atoms with E-state index in [1.165, 1.54) is 12.8 Å². The first kappa shape index (κ1) is 11.4. The normalized spacial score (nSPS) is 42.8. The molecule has 0 aromatic rings. The van der Waals surface area contributed by atoms with Crippen LogP contribution >= 0.6 is 0 Å². The number of piperidine rings is 2. The summed E-state index contributed by atoms with van der Waals surface area (Å²) in [4.78, 5) is 0. The van der Waals surface area contributed by atoms with E-state index in [9.17, 15) is 5.11 Å². The van der Waals surface area contributed by atoms with Crippen molar-refractivity contribution in [2.24, 2.45) is 5.92 Å². The standard InChI is InChI=1S/C12H24N2O/c1-2-10-4-7-14-11(8-10)12(15)5-3-6-13-9-12/h10-11,13-15H,2-9H2,1H3. The van der Waals surface area contributed by atoms with Crippen LogP contribution in [0.4, 0.5) is 0 Å². The van der Waals surface area contributed by atoms with Crippen molar-refractivity contribution in [3.05, 3.63) is 0 Å². The van der Waals surface area contributed by atoms with Gasteiger partial charge < -0.3 is 15.7 Å². The van der Waals surface area contributed by atoms with Crippen LogP contribution in [0.5, 0.6) is 0 Å². The maximum Gasteiger partial charge on any atom is 0.0924 e. The molecule has 0 radical (unpaired) electrons. The van der Waals surface area contributed by atoms with Crippen molar-refractivity contribution >= 4 is 0 Å². The molecule has 3 N–H and O–H groups in total. The number of aliphatic hydroxyl groups is 1. The summed E-state index contributed by atoms with van der Waals surface area (Å²) in [5.41, 5.74) is -0.494. The van der Waals surface area contributed by atoms with Crippen LogP contribution in [0.25, 0.3) is 0 Å². The third kappa shape index (κ3) is 2.52. The molecule has 2 rings (SSSR count). The second-order valence-corrected chi connectivity index (χ2v) is 5.19. The Balaban J connectivity index is 1.95. The van der Waals surface area contributed by atoms with Gasteiger partial charge in [0.1, 0.15) is 0 Å². The van der Waals surface area contributed by atoms with Crippen molar-refractivity contribution < 1.29 is 5.11 Å². The highest BCUT2D eigenvalue weighted by molar-refractivity contribution is 4.98. The van der Waals surface area contributed by atoms with E-state index in [2.05, 4.69) is 17.6 Å². The van der Waals surface area contributed by atoms with E-state index in [1.807, 2.05) is 0 Å². The third-order valence-electron chi connectivity index (χ3n) is 4.13. The first-order valence-electron chi connectivity index (χ1n) is 6.41. The zero-order valence-electron chi connectivity index (χ0n) is 9.76. The molecule has 2 aliphatic rings. The smallest absolute Gasteiger partial charge is 0.0924 e. The number of hydrogen-bond acceptors (Lipinski definition) is 3. The minimum atomic E-state index is -0.494. The van der Waals surface area contributed by atoms with Gasteiger partial charge in [-0.1, -0.05) is 13.3 Å². The minimum absolute atomic E-state index is 0.309. The zero-order valence-corrected chi connectivity index (χ0v) is 9.76. The summed E-state index contributed by atoms with van der Waals surface area (Å²) in [6, 6.07) is 0.309. The van der Waals surface area contributed by atoms with Gasteiger partial charge in [0.2, 0.25) is 0 Å². The van der Waals surface area contributed by atoms with Crippen molar-refractivity contribution in [2.45, 2.75) is 50.7 Å². The number of nitrogens with one attached hydrogen (secondary N) is 2. The van der Waals surface area contributed by atoms with Crippen molar-refractivity contribution in [2.75, 3.05) is 19.6 Å². The van der Waals surface area contributed by atoms with Gasteiger partial charge in [-0.2, -0.15) is 0 Å². The summed E-state index contributed by atoms with van der Waals surface area (Å²) in [5.74, 6) is 0.808. The summed E-state index contributed by atoms with van der Waals surface area (Å²) < 4.78 is 0. The van der Waals surface area contributed by atoms with E-state index in [0.717, 1.165) is 44.8 Å². The second-order valence-electron chi connectivity index (χ2n) is 5.19. The zero-order chi connectivity index (χ0) is 10.7. The van der Waals surface area contributed by atoms with Crippen LogP contribution in [0.15, 0.2) is 0 Å². The molecular weight excluding hydrogens is 188 g/mol. The van der Waals surface area contributed by atoms with Gasteiger partial charge in [-0.15, -0.1) is 0 Å². The van der Waals surface area contributed by atoms with E-state index in [-0.39, 0.29) is 0 Å². The monoisotopic (exact) mass is 212 g/mol. The first-order valence-corrected chi connectivity index (χ1v) is 6.41. The highest BCUT2D eigenvalue weighted by Crippen LogP contribution is 2.29. The maximum absolute atomic E-state index is 10.6. The Kier molecular flexibility index (Phi) is 3.65. The molecule has 3 heteroatoms. The van der Waals surface area contributed by atoms with Gasteiger partial charge in [0, 0.05) is 12.6 Å². The van der Waals surface area contributed by atoms with Crippen LogP contribution in [0.2, 0.25) is 0 Å². The van der Waals surface area contributed by atoms with Crippen LogP contribution in [-0.4, -0.2) is 36.4 Å². The van der Waals surface area contributed by atoms with Crippen LogP contribution in [0.3, 0.4) is 0 Å². The lowest BCUT2D eigenvalue weighted by Gasteiger charge is -2.43. The van der Waals surface area contributed by atoms with Crippen LogP contribution in [-0.2, 0) is 0 Å². The molecule has 3 atom stereocenters. The number of β-amino-alcohol motifs (C(OH)–C–C–N with tert-alkyl or cyclic N) is 1. The quantitative estimate of drug-likeness (QED) is 0.636. The molecule has 3 nitrogen and oxygen atoms in total. The average molecular weight is 212 g/mol. The van der Waals surface area contributed by atoms with Gasteiger partial charge in [-0.05, 0) is 44.7 Å². The third-order valence-corrected chi connectivity index (χ3v) is 4.13. The molecule has 0 saturated carbocycles. The molecule has 88 valence electrons. The Morgan fingerprint density at radius 3 is 2.93 bits per heavy atom. The Morgan fingerprint density at radius 2 is 2.27 bits per heavy atom. The summed E-state index contributed by atoms with van der Waals surface area (Å²) >= 11 is 0. The Bertz CT molecular complexity index is 202. The molecule has 3 unspecified atom stereocenters. The molecule has 2 saturated heterocycles.